The van der Waals surface area contributed by atoms with Gasteiger partial charge < -0.3 is 10.6 Å². The number of hydrogen-bond donors (Lipinski definition) is 2. The molecule has 0 aromatic heterocycles. The Balaban J connectivity index is 0.00000576. The maximum absolute atomic E-state index is 11.5. The molecule has 0 fully saturated rings. The molecular weight excluding hydrogens is 449 g/mol. The first kappa shape index (κ1) is 24.2. The molecule has 0 heterocycles. The summed E-state index contributed by atoms with van der Waals surface area (Å²) in [7, 11) is -1.28. The smallest absolute Gasteiger partial charge is 0.191 e. The lowest BCUT2D eigenvalue weighted by atomic mass is 10.00. The van der Waals surface area contributed by atoms with Crippen LogP contribution in [0.4, 0.5) is 0 Å². The van der Waals surface area contributed by atoms with Gasteiger partial charge in [0.05, 0.1) is 11.8 Å². The summed E-state index contributed by atoms with van der Waals surface area (Å²) >= 11 is 0. The van der Waals surface area contributed by atoms with Gasteiger partial charge in [-0.1, -0.05) is 45.0 Å². The lowest BCUT2D eigenvalue weighted by Gasteiger charge is -2.18. The minimum Gasteiger partial charge on any atom is -0.355 e. The van der Waals surface area contributed by atoms with E-state index in [0.717, 1.165) is 6.42 Å². The average Bonchev–Trinajstić information content (AvgIpc) is 2.53. The van der Waals surface area contributed by atoms with E-state index in [0.29, 0.717) is 18.4 Å². The number of rotatable bonds is 8. The van der Waals surface area contributed by atoms with Crippen LogP contribution in [-0.4, -0.2) is 39.5 Å². The number of benzene rings is 1. The van der Waals surface area contributed by atoms with Crippen molar-refractivity contribution >= 4 is 39.8 Å². The van der Waals surface area contributed by atoms with E-state index >= 15 is 0 Å². The summed E-state index contributed by atoms with van der Waals surface area (Å²) in [6.45, 7) is 8.51. The Bertz CT molecular complexity index is 628. The van der Waals surface area contributed by atoms with Crippen LogP contribution < -0.4 is 10.6 Å². The van der Waals surface area contributed by atoms with E-state index in [4.69, 9.17) is 0 Å². The number of nitrogens with zero attached hydrogens (tertiary/aromatic N) is 1. The third kappa shape index (κ3) is 9.44. The predicted octanol–water partition coefficient (Wildman–Crippen LogP) is 3.16. The molecule has 0 aliphatic carbocycles. The number of hydrogen-bond acceptors (Lipinski definition) is 3. The lowest BCUT2D eigenvalue weighted by Crippen LogP contribution is -2.40. The van der Waals surface area contributed by atoms with Crippen molar-refractivity contribution < 1.29 is 8.42 Å². The normalized spacial score (nSPS) is 13.3. The number of halogens is 1. The summed E-state index contributed by atoms with van der Waals surface area (Å²) in [6, 6.07) is 8.68. The predicted molar refractivity (Wildman–Crippen MR) is 118 cm³/mol. The minimum absolute atomic E-state index is 0. The molecule has 0 saturated carbocycles. The zero-order chi connectivity index (χ0) is 18.2. The monoisotopic (exact) mass is 481 g/mol. The van der Waals surface area contributed by atoms with Gasteiger partial charge in [-0.3, -0.25) is 4.99 Å². The number of nitrogens with one attached hydrogen (secondary N) is 2. The Morgan fingerprint density at radius 2 is 1.76 bits per heavy atom. The van der Waals surface area contributed by atoms with Gasteiger partial charge in [0.1, 0.15) is 0 Å². The Morgan fingerprint density at radius 1 is 1.16 bits per heavy atom. The van der Waals surface area contributed by atoms with Gasteiger partial charge in [0.2, 0.25) is 0 Å². The molecule has 25 heavy (non-hydrogen) atoms. The second-order valence-corrected chi connectivity index (χ2v) is 8.91. The standard InChI is InChI=1S/C18H31N3O2S.HI/c1-6-24(22,23)12-11-20-18(19-5)21-15(4)17-9-7-16(8-10-17)13-14(2)3;/h7-10,14-15H,6,11-13H2,1-5H3,(H2,19,20,21);1H. The molecule has 2 N–H and O–H groups in total. The van der Waals surface area contributed by atoms with Crippen LogP contribution in [0.3, 0.4) is 0 Å². The molecule has 0 saturated heterocycles. The van der Waals surface area contributed by atoms with Crippen molar-refractivity contribution in [2.45, 2.75) is 40.2 Å². The van der Waals surface area contributed by atoms with Crippen molar-refractivity contribution in [3.63, 3.8) is 0 Å². The van der Waals surface area contributed by atoms with Crippen LogP contribution in [0, 0.1) is 5.92 Å². The van der Waals surface area contributed by atoms with E-state index < -0.39 is 9.84 Å². The molecule has 0 spiro atoms. The second-order valence-electron chi connectivity index (χ2n) is 6.44. The number of aliphatic imine (C=N–C) groups is 1. The maximum atomic E-state index is 11.5. The van der Waals surface area contributed by atoms with Crippen LogP contribution >= 0.6 is 24.0 Å². The van der Waals surface area contributed by atoms with Crippen molar-refractivity contribution in [3.05, 3.63) is 35.4 Å². The Morgan fingerprint density at radius 3 is 2.24 bits per heavy atom. The van der Waals surface area contributed by atoms with E-state index in [9.17, 15) is 8.42 Å². The third-order valence-electron chi connectivity index (χ3n) is 3.85. The van der Waals surface area contributed by atoms with Crippen LogP contribution in [0.1, 0.15) is 44.9 Å². The van der Waals surface area contributed by atoms with Gasteiger partial charge in [0, 0.05) is 19.3 Å². The first-order valence-corrected chi connectivity index (χ1v) is 10.4. The molecule has 1 rings (SSSR count). The maximum Gasteiger partial charge on any atom is 0.191 e. The van der Waals surface area contributed by atoms with Gasteiger partial charge in [0.15, 0.2) is 15.8 Å². The van der Waals surface area contributed by atoms with Crippen molar-refractivity contribution in [2.75, 3.05) is 25.1 Å². The third-order valence-corrected chi connectivity index (χ3v) is 5.55. The molecule has 0 aliphatic heterocycles. The molecule has 5 nitrogen and oxygen atoms in total. The molecule has 1 atom stereocenters. The molecule has 0 bridgehead atoms. The zero-order valence-corrected chi connectivity index (χ0v) is 19.0. The highest BCUT2D eigenvalue weighted by Gasteiger charge is 2.10. The Kier molecular flexibility index (Phi) is 11.3. The molecule has 0 amide bonds. The SMILES string of the molecule is CCS(=O)(=O)CCNC(=NC)NC(C)c1ccc(CC(C)C)cc1.I. The van der Waals surface area contributed by atoms with Gasteiger partial charge in [-0.25, -0.2) is 8.42 Å². The fourth-order valence-electron chi connectivity index (χ4n) is 2.37. The first-order valence-electron chi connectivity index (χ1n) is 8.53. The lowest BCUT2D eigenvalue weighted by molar-refractivity contribution is 0.595. The van der Waals surface area contributed by atoms with Crippen LogP contribution in [0.2, 0.25) is 0 Å². The number of guanidine groups is 1. The fourth-order valence-corrected chi connectivity index (χ4v) is 3.07. The minimum atomic E-state index is -2.96. The Hall–Kier alpha value is -0.830. The molecule has 144 valence electrons. The highest BCUT2D eigenvalue weighted by molar-refractivity contribution is 14.0. The molecule has 0 radical (unpaired) electrons. The molecule has 1 aromatic rings. The van der Waals surface area contributed by atoms with Crippen LogP contribution in [0.5, 0.6) is 0 Å². The van der Waals surface area contributed by atoms with E-state index in [1.807, 2.05) is 0 Å². The molecule has 1 aromatic carbocycles. The zero-order valence-electron chi connectivity index (χ0n) is 15.9. The largest absolute Gasteiger partial charge is 0.355 e. The van der Waals surface area contributed by atoms with Gasteiger partial charge in [-0.15, -0.1) is 24.0 Å². The summed E-state index contributed by atoms with van der Waals surface area (Å²) in [4.78, 5) is 4.16. The highest BCUT2D eigenvalue weighted by atomic mass is 127. The Labute approximate surface area is 170 Å². The van der Waals surface area contributed by atoms with Crippen molar-refractivity contribution in [1.29, 1.82) is 0 Å². The van der Waals surface area contributed by atoms with Crippen LogP contribution in [0.15, 0.2) is 29.3 Å². The average molecular weight is 481 g/mol. The van der Waals surface area contributed by atoms with Crippen molar-refractivity contribution in [3.8, 4) is 0 Å². The van der Waals surface area contributed by atoms with Gasteiger partial charge in [0.25, 0.3) is 0 Å². The van der Waals surface area contributed by atoms with Crippen molar-refractivity contribution in [2.24, 2.45) is 10.9 Å². The number of sulfone groups is 1. The van der Waals surface area contributed by atoms with Gasteiger partial charge in [-0.2, -0.15) is 0 Å². The highest BCUT2D eigenvalue weighted by Crippen LogP contribution is 2.15. The van der Waals surface area contributed by atoms with Crippen LogP contribution in [-0.2, 0) is 16.3 Å². The van der Waals surface area contributed by atoms with Crippen molar-refractivity contribution in [1.82, 2.24) is 10.6 Å². The summed E-state index contributed by atoms with van der Waals surface area (Å²) in [5.74, 6) is 1.54. The van der Waals surface area contributed by atoms with Gasteiger partial charge in [-0.05, 0) is 30.4 Å². The molecular formula is C18H32IN3O2S. The first-order chi connectivity index (χ1) is 11.3. The molecule has 1 unspecified atom stereocenters. The van der Waals surface area contributed by atoms with E-state index in [1.165, 1.54) is 11.1 Å². The summed E-state index contributed by atoms with van der Waals surface area (Å²) < 4.78 is 23.0. The fraction of sp³-hybridized carbons (Fsp3) is 0.611. The quantitative estimate of drug-likeness (QED) is 0.340. The summed E-state index contributed by atoms with van der Waals surface area (Å²) in [6.07, 6.45) is 1.08. The molecule has 0 aliphatic rings. The van der Waals surface area contributed by atoms with E-state index in [-0.39, 0.29) is 41.5 Å². The topological polar surface area (TPSA) is 70.6 Å². The summed E-state index contributed by atoms with van der Waals surface area (Å²) in [5.41, 5.74) is 2.51. The second kappa shape index (κ2) is 11.7. The summed E-state index contributed by atoms with van der Waals surface area (Å²) in [5, 5.41) is 6.35. The van der Waals surface area contributed by atoms with E-state index in [1.54, 1.807) is 14.0 Å². The van der Waals surface area contributed by atoms with E-state index in [2.05, 4.69) is 60.7 Å². The molecule has 7 heteroatoms. The van der Waals surface area contributed by atoms with Gasteiger partial charge >= 0.3 is 0 Å². The van der Waals surface area contributed by atoms with Crippen LogP contribution in [0.25, 0.3) is 0 Å².